The van der Waals surface area contributed by atoms with E-state index >= 15 is 0 Å². The van der Waals surface area contributed by atoms with Crippen molar-refractivity contribution in [3.63, 3.8) is 0 Å². The highest BCUT2D eigenvalue weighted by Crippen LogP contribution is 2.26. The van der Waals surface area contributed by atoms with Crippen LogP contribution < -0.4 is 10.5 Å². The first kappa shape index (κ1) is 21.4. The molecule has 0 bridgehead atoms. The van der Waals surface area contributed by atoms with Crippen LogP contribution in [0.25, 0.3) is 11.3 Å². The third kappa shape index (κ3) is 5.07. The van der Waals surface area contributed by atoms with Crippen molar-refractivity contribution in [3.05, 3.63) is 105 Å². The van der Waals surface area contributed by atoms with E-state index < -0.39 is 0 Å². The van der Waals surface area contributed by atoms with E-state index in [4.69, 9.17) is 12.2 Å². The SMILES string of the molecule is CCN(Cc1ccccc1)c1ccc(C=Nc2ccccc2-c2n[nH]c(=S)[nH]c2=O)cc1. The Kier molecular flexibility index (Phi) is 6.67. The second kappa shape index (κ2) is 9.98. The van der Waals surface area contributed by atoms with Crippen molar-refractivity contribution < 1.29 is 0 Å². The topological polar surface area (TPSA) is 77.1 Å². The Hall–Kier alpha value is -3.84. The highest BCUT2D eigenvalue weighted by molar-refractivity contribution is 7.71. The van der Waals surface area contributed by atoms with Crippen molar-refractivity contribution in [2.45, 2.75) is 13.5 Å². The number of anilines is 1. The molecule has 3 aromatic carbocycles. The van der Waals surface area contributed by atoms with Crippen LogP contribution >= 0.6 is 12.2 Å². The summed E-state index contributed by atoms with van der Waals surface area (Å²) in [5.41, 5.74) is 4.59. The van der Waals surface area contributed by atoms with Crippen molar-refractivity contribution in [1.82, 2.24) is 15.2 Å². The van der Waals surface area contributed by atoms with Crippen LogP contribution in [-0.4, -0.2) is 27.9 Å². The number of rotatable bonds is 7. The van der Waals surface area contributed by atoms with Crippen molar-refractivity contribution in [2.75, 3.05) is 11.4 Å². The Morgan fingerprint density at radius 3 is 2.44 bits per heavy atom. The average Bonchev–Trinajstić information content (AvgIpc) is 2.83. The van der Waals surface area contributed by atoms with Crippen molar-refractivity contribution in [3.8, 4) is 11.3 Å². The lowest BCUT2D eigenvalue weighted by atomic mass is 10.1. The lowest BCUT2D eigenvalue weighted by Gasteiger charge is -2.23. The second-order valence-electron chi connectivity index (χ2n) is 7.22. The van der Waals surface area contributed by atoms with Crippen LogP contribution in [-0.2, 0) is 6.54 Å². The first-order valence-corrected chi connectivity index (χ1v) is 10.8. The molecule has 0 radical (unpaired) electrons. The average molecular weight is 442 g/mol. The summed E-state index contributed by atoms with van der Waals surface area (Å²) in [6.07, 6.45) is 1.79. The van der Waals surface area contributed by atoms with Gasteiger partial charge in [-0.1, -0.05) is 60.7 Å². The van der Waals surface area contributed by atoms with Gasteiger partial charge in [-0.2, -0.15) is 5.10 Å². The molecule has 0 amide bonds. The van der Waals surface area contributed by atoms with E-state index in [0.29, 0.717) is 11.3 Å². The molecule has 32 heavy (non-hydrogen) atoms. The quantitative estimate of drug-likeness (QED) is 0.302. The molecule has 1 heterocycles. The van der Waals surface area contributed by atoms with Crippen molar-refractivity contribution in [2.24, 2.45) is 4.99 Å². The maximum Gasteiger partial charge on any atom is 0.278 e. The summed E-state index contributed by atoms with van der Waals surface area (Å²) in [5, 5.41) is 6.72. The monoisotopic (exact) mass is 441 g/mol. The molecular formula is C25H23N5OS. The van der Waals surface area contributed by atoms with Crippen LogP contribution in [0.15, 0.2) is 88.6 Å². The Morgan fingerprint density at radius 1 is 1.00 bits per heavy atom. The maximum atomic E-state index is 12.3. The largest absolute Gasteiger partial charge is 0.367 e. The van der Waals surface area contributed by atoms with E-state index in [0.717, 1.165) is 24.3 Å². The number of aliphatic imine (C=N–C) groups is 1. The summed E-state index contributed by atoms with van der Waals surface area (Å²) < 4.78 is 0.188. The summed E-state index contributed by atoms with van der Waals surface area (Å²) in [4.78, 5) is 21.8. The van der Waals surface area contributed by atoms with E-state index in [1.54, 1.807) is 6.21 Å². The normalized spacial score (nSPS) is 11.0. The minimum absolute atomic E-state index is 0.188. The van der Waals surface area contributed by atoms with Gasteiger partial charge < -0.3 is 4.90 Å². The molecule has 1 aromatic heterocycles. The molecule has 4 aromatic rings. The van der Waals surface area contributed by atoms with E-state index in [9.17, 15) is 4.79 Å². The standard InChI is InChI=1S/C25H23N5OS/c1-2-30(17-19-8-4-3-5-9-19)20-14-12-18(13-15-20)16-26-22-11-7-6-10-21(22)23-24(31)27-25(32)29-28-23/h3-16H,2,17H2,1H3,(H2,27,29,31,32). The number of para-hydroxylation sites is 1. The van der Waals surface area contributed by atoms with Gasteiger partial charge in [-0.05, 0) is 48.5 Å². The molecule has 0 unspecified atom stereocenters. The molecule has 0 saturated heterocycles. The minimum Gasteiger partial charge on any atom is -0.367 e. The predicted octanol–water partition coefficient (Wildman–Crippen LogP) is 5.27. The number of aromatic nitrogens is 3. The molecular weight excluding hydrogens is 418 g/mol. The van der Waals surface area contributed by atoms with Crippen LogP contribution in [0.5, 0.6) is 0 Å². The number of H-pyrrole nitrogens is 2. The number of hydrogen-bond donors (Lipinski definition) is 2. The van der Waals surface area contributed by atoms with Crippen molar-refractivity contribution in [1.29, 1.82) is 0 Å². The fraction of sp³-hybridized carbons (Fsp3) is 0.120. The molecule has 0 aliphatic rings. The Morgan fingerprint density at radius 2 is 1.72 bits per heavy atom. The van der Waals surface area contributed by atoms with Crippen LogP contribution in [0.3, 0.4) is 0 Å². The number of aromatic amines is 2. The highest BCUT2D eigenvalue weighted by atomic mass is 32.1. The van der Waals surface area contributed by atoms with Gasteiger partial charge in [-0.25, -0.2) is 0 Å². The fourth-order valence-electron chi connectivity index (χ4n) is 3.42. The van der Waals surface area contributed by atoms with Crippen molar-refractivity contribution >= 4 is 29.8 Å². The zero-order valence-electron chi connectivity index (χ0n) is 17.7. The molecule has 2 N–H and O–H groups in total. The molecule has 6 nitrogen and oxygen atoms in total. The number of benzene rings is 3. The van der Waals surface area contributed by atoms with Gasteiger partial charge in [0.2, 0.25) is 0 Å². The molecule has 7 heteroatoms. The van der Waals surface area contributed by atoms with E-state index in [1.807, 2.05) is 42.5 Å². The van der Waals surface area contributed by atoms with Gasteiger partial charge in [-0.15, -0.1) is 0 Å². The maximum absolute atomic E-state index is 12.3. The minimum atomic E-state index is -0.348. The van der Waals surface area contributed by atoms with Crippen LogP contribution in [0.1, 0.15) is 18.1 Å². The third-order valence-corrected chi connectivity index (χ3v) is 5.27. The van der Waals surface area contributed by atoms with Gasteiger partial charge in [0.15, 0.2) is 10.5 Å². The van der Waals surface area contributed by atoms with E-state index in [-0.39, 0.29) is 16.0 Å². The summed E-state index contributed by atoms with van der Waals surface area (Å²) in [6.45, 7) is 3.93. The molecule has 0 fully saturated rings. The Bertz CT molecular complexity index is 1330. The second-order valence-corrected chi connectivity index (χ2v) is 7.63. The van der Waals surface area contributed by atoms with Gasteiger partial charge in [0.25, 0.3) is 5.56 Å². The van der Waals surface area contributed by atoms with Crippen LogP contribution in [0.4, 0.5) is 11.4 Å². The molecule has 160 valence electrons. The van der Waals surface area contributed by atoms with E-state index in [1.165, 1.54) is 5.56 Å². The molecule has 0 saturated carbocycles. The fourth-order valence-corrected chi connectivity index (χ4v) is 3.56. The number of nitrogens with zero attached hydrogens (tertiary/aromatic N) is 3. The predicted molar refractivity (Wildman–Crippen MR) is 132 cm³/mol. The lowest BCUT2D eigenvalue weighted by molar-refractivity contribution is 0.832. The summed E-state index contributed by atoms with van der Waals surface area (Å²) >= 11 is 4.92. The lowest BCUT2D eigenvalue weighted by Crippen LogP contribution is -2.21. The summed E-state index contributed by atoms with van der Waals surface area (Å²) in [6, 6.07) is 26.1. The van der Waals surface area contributed by atoms with Crippen LogP contribution in [0, 0.1) is 4.77 Å². The van der Waals surface area contributed by atoms with Gasteiger partial charge >= 0.3 is 0 Å². The molecule has 0 aliphatic heterocycles. The molecule has 0 aliphatic carbocycles. The first-order chi connectivity index (χ1) is 15.6. The Balaban J connectivity index is 1.55. The Labute approximate surface area is 191 Å². The molecule has 0 spiro atoms. The van der Waals surface area contributed by atoms with E-state index in [2.05, 4.69) is 68.4 Å². The summed E-state index contributed by atoms with van der Waals surface area (Å²) in [5.74, 6) is 0. The van der Waals surface area contributed by atoms with Gasteiger partial charge in [0, 0.05) is 30.6 Å². The third-order valence-electron chi connectivity index (χ3n) is 5.08. The van der Waals surface area contributed by atoms with Gasteiger partial charge in [-0.3, -0.25) is 19.9 Å². The zero-order valence-corrected chi connectivity index (χ0v) is 18.5. The number of hydrogen-bond acceptors (Lipinski definition) is 5. The molecule has 4 rings (SSSR count). The van der Waals surface area contributed by atoms with Gasteiger partial charge in [0.1, 0.15) is 0 Å². The first-order valence-electron chi connectivity index (χ1n) is 10.4. The highest BCUT2D eigenvalue weighted by Gasteiger charge is 2.10. The summed E-state index contributed by atoms with van der Waals surface area (Å²) in [7, 11) is 0. The smallest absolute Gasteiger partial charge is 0.278 e. The van der Waals surface area contributed by atoms with Gasteiger partial charge in [0.05, 0.1) is 5.69 Å². The zero-order chi connectivity index (χ0) is 22.3. The molecule has 0 atom stereocenters. The van der Waals surface area contributed by atoms with Crippen LogP contribution in [0.2, 0.25) is 0 Å². The number of nitrogens with one attached hydrogen (secondary N) is 2.